The van der Waals surface area contributed by atoms with E-state index in [9.17, 15) is 28.6 Å². The monoisotopic (exact) mass is 457 g/mol. The van der Waals surface area contributed by atoms with Gasteiger partial charge in [-0.15, -0.1) is 0 Å². The van der Waals surface area contributed by atoms with Crippen LogP contribution in [0.3, 0.4) is 0 Å². The third-order valence-electron chi connectivity index (χ3n) is 4.39. The number of hydrogen-bond acceptors (Lipinski definition) is 9. The van der Waals surface area contributed by atoms with Crippen LogP contribution in [0, 0.1) is 11.9 Å². The number of carbonyl (C=O) groups is 1. The minimum Gasteiger partial charge on any atom is -0.449 e. The first-order valence-corrected chi connectivity index (χ1v) is 9.91. The van der Waals surface area contributed by atoms with Crippen molar-refractivity contribution in [1.29, 1.82) is 0 Å². The number of nitrogens with zero attached hydrogens (tertiary/aromatic N) is 4. The average molecular weight is 457 g/mol. The summed E-state index contributed by atoms with van der Waals surface area (Å²) < 4.78 is 36.6. The van der Waals surface area contributed by atoms with Gasteiger partial charge in [-0.25, -0.2) is 23.9 Å². The van der Waals surface area contributed by atoms with Gasteiger partial charge in [0, 0.05) is 12.4 Å². The van der Waals surface area contributed by atoms with Crippen molar-refractivity contribution in [2.24, 2.45) is 0 Å². The van der Waals surface area contributed by atoms with Crippen molar-refractivity contribution >= 4 is 11.9 Å². The lowest BCUT2D eigenvalue weighted by atomic mass is 10.1. The molecule has 2 aromatic rings. The molecule has 3 heterocycles. The molecule has 1 amide bonds. The highest BCUT2D eigenvalue weighted by Crippen LogP contribution is 2.28. The third kappa shape index (κ3) is 7.00. The van der Waals surface area contributed by atoms with Gasteiger partial charge in [-0.05, 0) is 19.4 Å². The molecule has 3 N–H and O–H groups in total. The van der Waals surface area contributed by atoms with Crippen molar-refractivity contribution in [3.63, 3.8) is 0 Å². The number of rotatable bonds is 6. The summed E-state index contributed by atoms with van der Waals surface area (Å²) >= 11 is 0. The Hall–Kier alpha value is -3.03. The van der Waals surface area contributed by atoms with Gasteiger partial charge in [0.1, 0.15) is 12.2 Å². The number of unbranched alkanes of at least 4 members (excludes halogenated alkanes) is 2. The van der Waals surface area contributed by atoms with Crippen molar-refractivity contribution < 1.29 is 33.3 Å². The fraction of sp³-hybridized carbons (Fsp3) is 0.526. The molecule has 0 unspecified atom stereocenters. The maximum atomic E-state index is 14.1. The van der Waals surface area contributed by atoms with Crippen LogP contribution in [0.15, 0.2) is 29.5 Å². The highest BCUT2D eigenvalue weighted by atomic mass is 19.1. The minimum absolute atomic E-state index is 0.177. The molecule has 13 heteroatoms. The number of hydrogen-bond donors (Lipinski definition) is 3. The zero-order chi connectivity index (χ0) is 23.7. The van der Waals surface area contributed by atoms with E-state index < -0.39 is 54.0 Å². The SMILES string of the molecule is CCCCCOC(=O)Nc1nc(=O)n([C@@H]2O[C@H](C)[C@@H](O)[C@H]2O)cc1F.Fc1ncccn1. The molecule has 2 aromatic heterocycles. The van der Waals surface area contributed by atoms with Gasteiger partial charge in [0.05, 0.1) is 18.9 Å². The van der Waals surface area contributed by atoms with Gasteiger partial charge in [-0.3, -0.25) is 9.88 Å². The molecule has 0 radical (unpaired) electrons. The zero-order valence-electron chi connectivity index (χ0n) is 17.5. The predicted octanol–water partition coefficient (Wildman–Crippen LogP) is 1.38. The molecule has 3 rings (SSSR count). The van der Waals surface area contributed by atoms with E-state index in [1.165, 1.54) is 19.3 Å². The van der Waals surface area contributed by atoms with E-state index >= 15 is 0 Å². The second-order valence-electron chi connectivity index (χ2n) is 6.83. The number of nitrogens with one attached hydrogen (secondary N) is 1. The van der Waals surface area contributed by atoms with Gasteiger partial charge in [0.15, 0.2) is 17.9 Å². The molecule has 11 nitrogen and oxygen atoms in total. The first kappa shape index (κ1) is 25.2. The number of ether oxygens (including phenoxy) is 2. The van der Waals surface area contributed by atoms with E-state index in [1.807, 2.05) is 6.92 Å². The summed E-state index contributed by atoms with van der Waals surface area (Å²) in [6.45, 7) is 3.68. The smallest absolute Gasteiger partial charge is 0.412 e. The number of halogens is 2. The Morgan fingerprint density at radius 2 is 1.94 bits per heavy atom. The molecule has 0 bridgehead atoms. The Bertz CT molecular complexity index is 932. The summed E-state index contributed by atoms with van der Waals surface area (Å²) in [5.74, 6) is -1.59. The van der Waals surface area contributed by atoms with Crippen LogP contribution in [-0.2, 0) is 9.47 Å². The summed E-state index contributed by atoms with van der Waals surface area (Å²) in [6, 6.07) is 1.56. The Kier molecular flexibility index (Phi) is 9.56. The Balaban J connectivity index is 0.000000439. The van der Waals surface area contributed by atoms with E-state index in [4.69, 9.17) is 9.47 Å². The van der Waals surface area contributed by atoms with Crippen LogP contribution in [0.25, 0.3) is 0 Å². The number of aromatic nitrogens is 4. The van der Waals surface area contributed by atoms with Crippen LogP contribution in [0.2, 0.25) is 0 Å². The highest BCUT2D eigenvalue weighted by Gasteiger charge is 2.42. The quantitative estimate of drug-likeness (QED) is 0.432. The first-order valence-electron chi connectivity index (χ1n) is 9.91. The van der Waals surface area contributed by atoms with Gasteiger partial charge in [0.25, 0.3) is 0 Å². The summed E-state index contributed by atoms with van der Waals surface area (Å²) in [5, 5.41) is 21.6. The lowest BCUT2D eigenvalue weighted by molar-refractivity contribution is -0.0355. The second kappa shape index (κ2) is 12.1. The molecule has 1 aliphatic heterocycles. The average Bonchev–Trinajstić information content (AvgIpc) is 3.02. The summed E-state index contributed by atoms with van der Waals surface area (Å²) in [7, 11) is 0. The molecule has 0 aromatic carbocycles. The van der Waals surface area contributed by atoms with Crippen molar-refractivity contribution in [1.82, 2.24) is 19.5 Å². The zero-order valence-corrected chi connectivity index (χ0v) is 17.5. The van der Waals surface area contributed by atoms with Crippen LogP contribution in [0.1, 0.15) is 39.3 Å². The lowest BCUT2D eigenvalue weighted by Crippen LogP contribution is -2.36. The number of aliphatic hydroxyl groups is 2. The fourth-order valence-corrected chi connectivity index (χ4v) is 2.70. The number of aliphatic hydroxyl groups excluding tert-OH is 2. The molecule has 176 valence electrons. The van der Waals surface area contributed by atoms with Gasteiger partial charge >= 0.3 is 17.9 Å². The standard InChI is InChI=1S/C15H22FN3O6.C4H3FN2/c1-3-4-5-6-24-15(23)18-12-9(16)7-19(14(22)17-12)13-11(21)10(20)8(2)25-13;5-4-6-2-1-3-7-4/h7-8,10-11,13,20-21H,3-6H2,1-2H3,(H,17,18,22,23);1-3H/t8-,10-,11-,13-;/m1./s1. The molecule has 4 atom stereocenters. The largest absolute Gasteiger partial charge is 0.449 e. The second-order valence-corrected chi connectivity index (χ2v) is 6.83. The van der Waals surface area contributed by atoms with Crippen LogP contribution in [0.4, 0.5) is 19.4 Å². The van der Waals surface area contributed by atoms with Crippen molar-refractivity contribution in [2.75, 3.05) is 11.9 Å². The van der Waals surface area contributed by atoms with Crippen molar-refractivity contribution in [2.45, 2.75) is 57.6 Å². The Morgan fingerprint density at radius 1 is 1.25 bits per heavy atom. The molecule has 1 aliphatic rings. The summed E-state index contributed by atoms with van der Waals surface area (Å²) in [4.78, 5) is 33.4. The maximum Gasteiger partial charge on any atom is 0.412 e. The normalized spacial score (nSPS) is 22.1. The van der Waals surface area contributed by atoms with Crippen LogP contribution >= 0.6 is 0 Å². The van der Waals surface area contributed by atoms with Crippen LogP contribution < -0.4 is 11.0 Å². The Morgan fingerprint density at radius 3 is 2.47 bits per heavy atom. The van der Waals surface area contributed by atoms with Crippen molar-refractivity contribution in [3.05, 3.63) is 47.0 Å². The van der Waals surface area contributed by atoms with Crippen molar-refractivity contribution in [3.8, 4) is 0 Å². The molecule has 1 fully saturated rings. The molecule has 0 spiro atoms. The van der Waals surface area contributed by atoms with E-state index in [2.05, 4.69) is 20.3 Å². The molecule has 0 saturated carbocycles. The first-order chi connectivity index (χ1) is 15.2. The number of carbonyl (C=O) groups excluding carboxylic acids is 1. The number of anilines is 1. The molecule has 32 heavy (non-hydrogen) atoms. The summed E-state index contributed by atoms with van der Waals surface area (Å²) in [6.07, 6.45) is -0.230. The molecular weight excluding hydrogens is 432 g/mol. The number of amides is 1. The van der Waals surface area contributed by atoms with Gasteiger partial charge in [0.2, 0.25) is 0 Å². The Labute approximate surface area is 182 Å². The lowest BCUT2D eigenvalue weighted by Gasteiger charge is -2.17. The van der Waals surface area contributed by atoms with Gasteiger partial charge in [-0.2, -0.15) is 9.37 Å². The van der Waals surface area contributed by atoms with Crippen LogP contribution in [-0.4, -0.2) is 60.7 Å². The third-order valence-corrected chi connectivity index (χ3v) is 4.39. The maximum absolute atomic E-state index is 14.1. The molecular formula is C19H25F2N5O6. The van der Waals surface area contributed by atoms with E-state index in [0.717, 1.165) is 23.6 Å². The molecule has 0 aliphatic carbocycles. The van der Waals surface area contributed by atoms with Crippen LogP contribution in [0.5, 0.6) is 0 Å². The van der Waals surface area contributed by atoms with Gasteiger partial charge < -0.3 is 19.7 Å². The highest BCUT2D eigenvalue weighted by molar-refractivity contribution is 5.83. The van der Waals surface area contributed by atoms with E-state index in [-0.39, 0.29) is 6.61 Å². The van der Waals surface area contributed by atoms with E-state index in [0.29, 0.717) is 6.42 Å². The molecule has 1 saturated heterocycles. The predicted molar refractivity (Wildman–Crippen MR) is 107 cm³/mol. The van der Waals surface area contributed by atoms with E-state index in [1.54, 1.807) is 6.07 Å². The fourth-order valence-electron chi connectivity index (χ4n) is 2.70. The van der Waals surface area contributed by atoms with Gasteiger partial charge in [-0.1, -0.05) is 19.8 Å². The summed E-state index contributed by atoms with van der Waals surface area (Å²) in [5.41, 5.74) is -0.951. The topological polar surface area (TPSA) is 149 Å². The minimum atomic E-state index is -1.41.